The molecule has 0 aliphatic heterocycles. The Morgan fingerprint density at radius 2 is 1.43 bits per heavy atom. The second-order valence-electron chi connectivity index (χ2n) is 6.22. The standard InChI is InChI=1S/C20H32O/c1-3-4-5-6-7-8-9-10-11-12-16-20(21)19-15-13-14-18(2)17-19/h13-15,17H,3-12,16H2,1-2H3. The minimum atomic E-state index is 0.304. The average Bonchev–Trinajstić information content (AvgIpc) is 2.49. The summed E-state index contributed by atoms with van der Waals surface area (Å²) in [5, 5.41) is 0. The molecule has 0 spiro atoms. The first-order valence-corrected chi connectivity index (χ1v) is 8.84. The van der Waals surface area contributed by atoms with Crippen molar-refractivity contribution < 1.29 is 4.79 Å². The highest BCUT2D eigenvalue weighted by Crippen LogP contribution is 2.13. The smallest absolute Gasteiger partial charge is 0.162 e. The minimum absolute atomic E-state index is 0.304. The predicted molar refractivity (Wildman–Crippen MR) is 92.0 cm³/mol. The molecule has 0 saturated carbocycles. The Kier molecular flexibility index (Phi) is 9.86. The van der Waals surface area contributed by atoms with Crippen molar-refractivity contribution in [3.63, 3.8) is 0 Å². The van der Waals surface area contributed by atoms with Gasteiger partial charge in [0.25, 0.3) is 0 Å². The Labute approximate surface area is 131 Å². The topological polar surface area (TPSA) is 17.1 Å². The van der Waals surface area contributed by atoms with Gasteiger partial charge in [-0.3, -0.25) is 4.79 Å². The Bertz CT molecular complexity index is 395. The first-order valence-electron chi connectivity index (χ1n) is 8.84. The fraction of sp³-hybridized carbons (Fsp3) is 0.650. The maximum atomic E-state index is 12.0. The molecule has 1 aromatic rings. The summed E-state index contributed by atoms with van der Waals surface area (Å²) >= 11 is 0. The van der Waals surface area contributed by atoms with Crippen LogP contribution in [-0.2, 0) is 0 Å². The summed E-state index contributed by atoms with van der Waals surface area (Å²) in [4.78, 5) is 12.0. The van der Waals surface area contributed by atoms with Crippen molar-refractivity contribution in [3.05, 3.63) is 35.4 Å². The maximum Gasteiger partial charge on any atom is 0.162 e. The number of carbonyl (C=O) groups is 1. The van der Waals surface area contributed by atoms with Crippen molar-refractivity contribution in [2.24, 2.45) is 0 Å². The van der Waals surface area contributed by atoms with E-state index in [4.69, 9.17) is 0 Å². The number of hydrogen-bond acceptors (Lipinski definition) is 1. The summed E-state index contributed by atoms with van der Waals surface area (Å²) in [5.41, 5.74) is 2.05. The van der Waals surface area contributed by atoms with E-state index in [0.717, 1.165) is 12.0 Å². The van der Waals surface area contributed by atoms with Crippen LogP contribution in [0.4, 0.5) is 0 Å². The van der Waals surface area contributed by atoms with E-state index in [1.54, 1.807) is 0 Å². The molecular weight excluding hydrogens is 256 g/mol. The highest BCUT2D eigenvalue weighted by Gasteiger charge is 2.05. The fourth-order valence-corrected chi connectivity index (χ4v) is 2.74. The number of benzene rings is 1. The highest BCUT2D eigenvalue weighted by molar-refractivity contribution is 5.96. The van der Waals surface area contributed by atoms with Gasteiger partial charge in [-0.25, -0.2) is 0 Å². The Morgan fingerprint density at radius 3 is 2.00 bits per heavy atom. The van der Waals surface area contributed by atoms with E-state index in [1.165, 1.54) is 63.4 Å². The van der Waals surface area contributed by atoms with Gasteiger partial charge >= 0.3 is 0 Å². The van der Waals surface area contributed by atoms with Gasteiger partial charge in [0.1, 0.15) is 0 Å². The normalized spacial score (nSPS) is 10.8. The van der Waals surface area contributed by atoms with Crippen molar-refractivity contribution in [3.8, 4) is 0 Å². The molecule has 0 N–H and O–H groups in total. The summed E-state index contributed by atoms with van der Waals surface area (Å²) in [6.45, 7) is 4.30. The van der Waals surface area contributed by atoms with Crippen molar-refractivity contribution in [2.75, 3.05) is 0 Å². The maximum absolute atomic E-state index is 12.0. The van der Waals surface area contributed by atoms with Gasteiger partial charge in [-0.05, 0) is 19.4 Å². The van der Waals surface area contributed by atoms with E-state index >= 15 is 0 Å². The van der Waals surface area contributed by atoms with Gasteiger partial charge in [0.2, 0.25) is 0 Å². The van der Waals surface area contributed by atoms with Crippen LogP contribution in [0.2, 0.25) is 0 Å². The molecule has 0 amide bonds. The van der Waals surface area contributed by atoms with Crippen LogP contribution >= 0.6 is 0 Å². The third-order valence-electron chi connectivity index (χ3n) is 4.10. The number of carbonyl (C=O) groups excluding carboxylic acids is 1. The van der Waals surface area contributed by atoms with Crippen LogP contribution in [0.5, 0.6) is 0 Å². The first kappa shape index (κ1) is 17.9. The van der Waals surface area contributed by atoms with Crippen LogP contribution in [0, 0.1) is 6.92 Å². The van der Waals surface area contributed by atoms with Crippen LogP contribution in [-0.4, -0.2) is 5.78 Å². The van der Waals surface area contributed by atoms with Crippen molar-refractivity contribution >= 4 is 5.78 Å². The first-order chi connectivity index (χ1) is 10.2. The molecular formula is C20H32O. The summed E-state index contributed by atoms with van der Waals surface area (Å²) in [7, 11) is 0. The van der Waals surface area contributed by atoms with E-state index in [2.05, 4.69) is 6.92 Å². The summed E-state index contributed by atoms with van der Waals surface area (Å²) in [6.07, 6.45) is 13.9. The van der Waals surface area contributed by atoms with E-state index in [0.29, 0.717) is 12.2 Å². The van der Waals surface area contributed by atoms with E-state index < -0.39 is 0 Å². The predicted octanol–water partition coefficient (Wildman–Crippen LogP) is 6.49. The molecule has 1 rings (SSSR count). The van der Waals surface area contributed by atoms with Gasteiger partial charge in [0.05, 0.1) is 0 Å². The lowest BCUT2D eigenvalue weighted by molar-refractivity contribution is 0.0979. The van der Waals surface area contributed by atoms with Gasteiger partial charge in [-0.15, -0.1) is 0 Å². The van der Waals surface area contributed by atoms with Crippen molar-refractivity contribution in [1.29, 1.82) is 0 Å². The molecule has 0 bridgehead atoms. The molecule has 0 radical (unpaired) electrons. The van der Waals surface area contributed by atoms with Gasteiger partial charge in [0.15, 0.2) is 5.78 Å². The van der Waals surface area contributed by atoms with Crippen LogP contribution in [0.3, 0.4) is 0 Å². The lowest BCUT2D eigenvalue weighted by Gasteiger charge is -2.03. The zero-order valence-corrected chi connectivity index (χ0v) is 14.0. The molecule has 0 aliphatic rings. The number of rotatable bonds is 12. The molecule has 1 nitrogen and oxygen atoms in total. The highest BCUT2D eigenvalue weighted by atomic mass is 16.1. The molecule has 0 fully saturated rings. The van der Waals surface area contributed by atoms with Crippen LogP contribution in [0.25, 0.3) is 0 Å². The lowest BCUT2D eigenvalue weighted by atomic mass is 10.0. The fourth-order valence-electron chi connectivity index (χ4n) is 2.74. The van der Waals surface area contributed by atoms with Crippen LogP contribution in [0.1, 0.15) is 93.5 Å². The summed E-state index contributed by atoms with van der Waals surface area (Å²) < 4.78 is 0. The van der Waals surface area contributed by atoms with E-state index in [1.807, 2.05) is 31.2 Å². The van der Waals surface area contributed by atoms with Gasteiger partial charge in [-0.2, -0.15) is 0 Å². The monoisotopic (exact) mass is 288 g/mol. The molecule has 21 heavy (non-hydrogen) atoms. The third-order valence-corrected chi connectivity index (χ3v) is 4.10. The van der Waals surface area contributed by atoms with E-state index in [-0.39, 0.29) is 0 Å². The second kappa shape index (κ2) is 11.5. The van der Waals surface area contributed by atoms with Gasteiger partial charge < -0.3 is 0 Å². The van der Waals surface area contributed by atoms with Crippen molar-refractivity contribution in [1.82, 2.24) is 0 Å². The average molecular weight is 288 g/mol. The number of aryl methyl sites for hydroxylation is 1. The molecule has 0 saturated heterocycles. The Morgan fingerprint density at radius 1 is 0.857 bits per heavy atom. The minimum Gasteiger partial charge on any atom is -0.294 e. The van der Waals surface area contributed by atoms with Gasteiger partial charge in [-0.1, -0.05) is 88.5 Å². The van der Waals surface area contributed by atoms with Crippen LogP contribution in [0.15, 0.2) is 24.3 Å². The third kappa shape index (κ3) is 8.70. The summed E-state index contributed by atoms with van der Waals surface area (Å²) in [6, 6.07) is 7.95. The molecule has 1 aromatic carbocycles. The number of hydrogen-bond donors (Lipinski definition) is 0. The molecule has 0 unspecified atom stereocenters. The zero-order chi connectivity index (χ0) is 15.3. The molecule has 0 aliphatic carbocycles. The number of unbranched alkanes of at least 4 members (excludes halogenated alkanes) is 9. The summed E-state index contributed by atoms with van der Waals surface area (Å²) in [5.74, 6) is 0.304. The molecule has 1 heteroatoms. The van der Waals surface area contributed by atoms with Crippen LogP contribution < -0.4 is 0 Å². The number of Topliss-reactive ketones (excluding diaryl/α,β-unsaturated/α-hetero) is 1. The number of ketones is 1. The van der Waals surface area contributed by atoms with E-state index in [9.17, 15) is 4.79 Å². The zero-order valence-electron chi connectivity index (χ0n) is 14.0. The van der Waals surface area contributed by atoms with Crippen molar-refractivity contribution in [2.45, 2.75) is 84.5 Å². The lowest BCUT2D eigenvalue weighted by Crippen LogP contribution is -1.99. The molecule has 0 atom stereocenters. The van der Waals surface area contributed by atoms with Gasteiger partial charge in [0, 0.05) is 12.0 Å². The largest absolute Gasteiger partial charge is 0.294 e. The molecule has 0 heterocycles. The molecule has 118 valence electrons. The Balaban J connectivity index is 1.98. The SMILES string of the molecule is CCCCCCCCCCCCC(=O)c1cccc(C)c1. The Hall–Kier alpha value is -1.11. The molecule has 0 aromatic heterocycles. The quantitative estimate of drug-likeness (QED) is 0.317. The second-order valence-corrected chi connectivity index (χ2v) is 6.22.